The van der Waals surface area contributed by atoms with Crippen molar-refractivity contribution in [2.45, 2.75) is 45.6 Å². The van der Waals surface area contributed by atoms with Crippen LogP contribution in [0.5, 0.6) is 0 Å². The Morgan fingerprint density at radius 3 is 2.85 bits per heavy atom. The third kappa shape index (κ3) is 2.11. The summed E-state index contributed by atoms with van der Waals surface area (Å²) in [5.41, 5.74) is 1.30. The van der Waals surface area contributed by atoms with Gasteiger partial charge in [0.25, 0.3) is 0 Å². The molecule has 1 fully saturated rings. The Labute approximate surface area is 129 Å². The molecule has 1 aliphatic carbocycles. The maximum absolute atomic E-state index is 6.10. The van der Waals surface area contributed by atoms with Crippen LogP contribution in [0.2, 0.25) is 0 Å². The highest BCUT2D eigenvalue weighted by Gasteiger charge is 2.51. The van der Waals surface area contributed by atoms with Gasteiger partial charge in [0.1, 0.15) is 11.3 Å². The number of hydrogen-bond acceptors (Lipinski definition) is 2. The summed E-state index contributed by atoms with van der Waals surface area (Å²) < 4.78 is 7.21. The van der Waals surface area contributed by atoms with Crippen molar-refractivity contribution in [2.24, 2.45) is 5.41 Å². The van der Waals surface area contributed by atoms with Crippen molar-refractivity contribution >= 4 is 26.9 Å². The molecule has 0 amide bonds. The van der Waals surface area contributed by atoms with Crippen LogP contribution in [0.4, 0.5) is 0 Å². The van der Waals surface area contributed by atoms with E-state index in [1.807, 2.05) is 12.1 Å². The molecule has 0 bridgehead atoms. The average Bonchev–Trinajstić information content (AvgIpc) is 2.83. The van der Waals surface area contributed by atoms with Crippen LogP contribution in [0.3, 0.4) is 0 Å². The number of rotatable bonds is 4. The quantitative estimate of drug-likeness (QED) is 0.842. The van der Waals surface area contributed by atoms with E-state index in [1.54, 1.807) is 0 Å². The molecule has 3 unspecified atom stereocenters. The van der Waals surface area contributed by atoms with Crippen molar-refractivity contribution in [2.75, 3.05) is 6.54 Å². The first-order chi connectivity index (χ1) is 9.58. The Kier molecular flexibility index (Phi) is 3.67. The number of fused-ring (bicyclic) bond motifs is 1. The molecule has 1 saturated carbocycles. The van der Waals surface area contributed by atoms with Crippen LogP contribution in [-0.2, 0) is 0 Å². The van der Waals surface area contributed by atoms with Crippen LogP contribution in [0.1, 0.15) is 45.3 Å². The molecule has 2 aromatic rings. The summed E-state index contributed by atoms with van der Waals surface area (Å²) in [4.78, 5) is 0. The first-order valence-electron chi connectivity index (χ1n) is 7.51. The second kappa shape index (κ2) is 5.19. The molecule has 0 spiro atoms. The van der Waals surface area contributed by atoms with Crippen molar-refractivity contribution in [3.8, 4) is 0 Å². The first-order valence-corrected chi connectivity index (χ1v) is 8.30. The minimum atomic E-state index is 0.307. The van der Waals surface area contributed by atoms with Gasteiger partial charge in [-0.3, -0.25) is 0 Å². The molecule has 1 aliphatic rings. The molecule has 1 aromatic carbocycles. The molecule has 2 nitrogen and oxygen atoms in total. The number of hydrogen-bond donors (Lipinski definition) is 1. The van der Waals surface area contributed by atoms with E-state index in [4.69, 9.17) is 4.42 Å². The van der Waals surface area contributed by atoms with Crippen LogP contribution in [0.25, 0.3) is 11.0 Å². The highest BCUT2D eigenvalue weighted by atomic mass is 79.9. The highest BCUT2D eigenvalue weighted by molar-refractivity contribution is 9.10. The van der Waals surface area contributed by atoms with E-state index in [-0.39, 0.29) is 0 Å². The lowest BCUT2D eigenvalue weighted by Gasteiger charge is -2.53. The van der Waals surface area contributed by atoms with Crippen molar-refractivity contribution in [3.63, 3.8) is 0 Å². The van der Waals surface area contributed by atoms with Crippen LogP contribution >= 0.6 is 15.9 Å². The van der Waals surface area contributed by atoms with E-state index in [2.05, 4.69) is 54.2 Å². The standard InChI is InChI=1S/C17H22BrNO/c1-4-17(3)13(10-16(17)19-5-2)15-9-11-8-12(18)6-7-14(11)20-15/h6-9,13,16,19H,4-5,10H2,1-3H3. The first kappa shape index (κ1) is 14.2. The van der Waals surface area contributed by atoms with Gasteiger partial charge in [0.15, 0.2) is 0 Å². The fourth-order valence-corrected chi connectivity index (χ4v) is 3.94. The second-order valence-electron chi connectivity index (χ2n) is 6.09. The highest BCUT2D eigenvalue weighted by Crippen LogP contribution is 2.55. The molecule has 1 N–H and O–H groups in total. The number of halogens is 1. The summed E-state index contributed by atoms with van der Waals surface area (Å²) in [6.07, 6.45) is 2.36. The lowest BCUT2D eigenvalue weighted by Crippen LogP contribution is -2.56. The number of nitrogens with one attached hydrogen (secondary N) is 1. The average molecular weight is 336 g/mol. The van der Waals surface area contributed by atoms with Gasteiger partial charge in [0, 0.05) is 21.8 Å². The largest absolute Gasteiger partial charge is 0.461 e. The lowest BCUT2D eigenvalue weighted by molar-refractivity contribution is 0.0341. The Balaban J connectivity index is 1.91. The summed E-state index contributed by atoms with van der Waals surface area (Å²) in [6.45, 7) is 7.90. The Hall–Kier alpha value is -0.800. The van der Waals surface area contributed by atoms with Crippen LogP contribution < -0.4 is 5.32 Å². The van der Waals surface area contributed by atoms with Gasteiger partial charge in [0.05, 0.1) is 0 Å². The second-order valence-corrected chi connectivity index (χ2v) is 7.00. The third-order valence-electron chi connectivity index (χ3n) is 5.12. The molecule has 3 rings (SSSR count). The Bertz CT molecular complexity index is 620. The molecule has 1 heterocycles. The van der Waals surface area contributed by atoms with Crippen molar-refractivity contribution in [3.05, 3.63) is 34.5 Å². The molecule has 20 heavy (non-hydrogen) atoms. The maximum atomic E-state index is 6.10. The van der Waals surface area contributed by atoms with E-state index >= 15 is 0 Å². The van der Waals surface area contributed by atoms with Crippen LogP contribution in [-0.4, -0.2) is 12.6 Å². The van der Waals surface area contributed by atoms with Gasteiger partial charge in [-0.2, -0.15) is 0 Å². The Morgan fingerprint density at radius 2 is 2.15 bits per heavy atom. The summed E-state index contributed by atoms with van der Waals surface area (Å²) in [5, 5.41) is 4.81. The molecule has 0 aliphatic heterocycles. The maximum Gasteiger partial charge on any atom is 0.134 e. The zero-order valence-electron chi connectivity index (χ0n) is 12.4. The van der Waals surface area contributed by atoms with E-state index < -0.39 is 0 Å². The smallest absolute Gasteiger partial charge is 0.134 e. The van der Waals surface area contributed by atoms with Gasteiger partial charge >= 0.3 is 0 Å². The lowest BCUT2D eigenvalue weighted by atomic mass is 9.55. The molecular formula is C17H22BrNO. The summed E-state index contributed by atoms with van der Waals surface area (Å²) in [5.74, 6) is 1.68. The monoisotopic (exact) mass is 335 g/mol. The third-order valence-corrected chi connectivity index (χ3v) is 5.61. The molecule has 3 atom stereocenters. The molecule has 0 saturated heterocycles. The minimum Gasteiger partial charge on any atom is -0.461 e. The van der Waals surface area contributed by atoms with Crippen molar-refractivity contribution in [1.29, 1.82) is 0 Å². The number of furan rings is 1. The SMILES string of the molecule is CCNC1CC(c2cc3cc(Br)ccc3o2)C1(C)CC. The van der Waals surface area contributed by atoms with E-state index in [0.717, 1.165) is 22.4 Å². The van der Waals surface area contributed by atoms with Crippen LogP contribution in [0.15, 0.2) is 33.2 Å². The fraction of sp³-hybridized carbons (Fsp3) is 0.529. The van der Waals surface area contributed by atoms with Gasteiger partial charge in [0.2, 0.25) is 0 Å². The van der Waals surface area contributed by atoms with Crippen molar-refractivity contribution in [1.82, 2.24) is 5.32 Å². The predicted molar refractivity (Wildman–Crippen MR) is 87.1 cm³/mol. The van der Waals surface area contributed by atoms with E-state index in [9.17, 15) is 0 Å². The van der Waals surface area contributed by atoms with Gasteiger partial charge in [-0.1, -0.05) is 36.7 Å². The van der Waals surface area contributed by atoms with Gasteiger partial charge in [-0.15, -0.1) is 0 Å². The fourth-order valence-electron chi connectivity index (χ4n) is 3.56. The van der Waals surface area contributed by atoms with Crippen LogP contribution in [0, 0.1) is 5.41 Å². The van der Waals surface area contributed by atoms with Crippen molar-refractivity contribution < 1.29 is 4.42 Å². The Morgan fingerprint density at radius 1 is 1.35 bits per heavy atom. The topological polar surface area (TPSA) is 25.2 Å². The van der Waals surface area contributed by atoms with Gasteiger partial charge < -0.3 is 9.73 Å². The molecule has 3 heteroatoms. The van der Waals surface area contributed by atoms with Gasteiger partial charge in [-0.25, -0.2) is 0 Å². The zero-order chi connectivity index (χ0) is 14.3. The van der Waals surface area contributed by atoms with E-state index in [1.165, 1.54) is 18.2 Å². The number of benzene rings is 1. The summed E-state index contributed by atoms with van der Waals surface area (Å²) in [6, 6.07) is 9.05. The summed E-state index contributed by atoms with van der Waals surface area (Å²) in [7, 11) is 0. The molecular weight excluding hydrogens is 314 g/mol. The predicted octanol–water partition coefficient (Wildman–Crippen LogP) is 5.08. The summed E-state index contributed by atoms with van der Waals surface area (Å²) >= 11 is 3.52. The van der Waals surface area contributed by atoms with E-state index in [0.29, 0.717) is 17.4 Å². The molecule has 0 radical (unpaired) electrons. The molecule has 1 aromatic heterocycles. The van der Waals surface area contributed by atoms with Gasteiger partial charge in [-0.05, 0) is 49.1 Å². The minimum absolute atomic E-state index is 0.307. The zero-order valence-corrected chi connectivity index (χ0v) is 14.0. The molecule has 108 valence electrons. The normalized spacial score (nSPS) is 29.6.